The lowest BCUT2D eigenvalue weighted by atomic mass is 10.1. The van der Waals surface area contributed by atoms with Crippen molar-refractivity contribution >= 4 is 18.0 Å². The van der Waals surface area contributed by atoms with Crippen LogP contribution in [0.25, 0.3) is 6.08 Å². The van der Waals surface area contributed by atoms with E-state index in [1.54, 1.807) is 6.92 Å². The molecular formula is C12H15NO. The van der Waals surface area contributed by atoms with Crippen LogP contribution < -0.4 is 4.90 Å². The molecule has 0 bridgehead atoms. The number of nitrogens with zero attached hydrogens (tertiary/aromatic N) is 1. The maximum atomic E-state index is 10.4. The summed E-state index contributed by atoms with van der Waals surface area (Å²) in [5, 5.41) is 0. The van der Waals surface area contributed by atoms with E-state index in [9.17, 15) is 4.79 Å². The highest BCUT2D eigenvalue weighted by molar-refractivity contribution is 5.80. The monoisotopic (exact) mass is 189 g/mol. The van der Waals surface area contributed by atoms with Crippen LogP contribution in [-0.2, 0) is 4.79 Å². The molecule has 1 aromatic rings. The number of hydrogen-bond donors (Lipinski definition) is 0. The fourth-order valence-corrected chi connectivity index (χ4v) is 1.17. The minimum atomic E-state index is 0.739. The molecule has 0 fully saturated rings. The summed E-state index contributed by atoms with van der Waals surface area (Å²) in [5.41, 5.74) is 2.95. The summed E-state index contributed by atoms with van der Waals surface area (Å²) in [6.07, 6.45) is 2.73. The second-order valence-corrected chi connectivity index (χ2v) is 3.49. The average molecular weight is 189 g/mol. The van der Waals surface area contributed by atoms with Gasteiger partial charge in [-0.15, -0.1) is 0 Å². The van der Waals surface area contributed by atoms with Gasteiger partial charge in [0.1, 0.15) is 6.29 Å². The normalized spacial score (nSPS) is 11.2. The molecule has 0 atom stereocenters. The van der Waals surface area contributed by atoms with Gasteiger partial charge in [0.2, 0.25) is 0 Å². The summed E-state index contributed by atoms with van der Waals surface area (Å²) in [5.74, 6) is 0. The zero-order valence-corrected chi connectivity index (χ0v) is 8.82. The molecule has 2 heteroatoms. The van der Waals surface area contributed by atoms with Crippen molar-refractivity contribution in [3.05, 3.63) is 35.4 Å². The van der Waals surface area contributed by atoms with Gasteiger partial charge in [0, 0.05) is 19.8 Å². The summed E-state index contributed by atoms with van der Waals surface area (Å²) < 4.78 is 0. The predicted octanol–water partition coefficient (Wildman–Crippen LogP) is 2.35. The van der Waals surface area contributed by atoms with Gasteiger partial charge in [-0.2, -0.15) is 0 Å². The Kier molecular flexibility index (Phi) is 3.46. The number of carbonyl (C=O) groups excluding carboxylic acids is 1. The molecule has 0 aliphatic heterocycles. The molecule has 0 amide bonds. The number of allylic oxidation sites excluding steroid dienone is 1. The maximum Gasteiger partial charge on any atom is 0.145 e. The van der Waals surface area contributed by atoms with Crippen molar-refractivity contribution in [2.45, 2.75) is 6.92 Å². The van der Waals surface area contributed by atoms with E-state index in [0.717, 1.165) is 23.1 Å². The van der Waals surface area contributed by atoms with Crippen molar-refractivity contribution in [3.8, 4) is 0 Å². The predicted molar refractivity (Wildman–Crippen MR) is 60.5 cm³/mol. The van der Waals surface area contributed by atoms with Gasteiger partial charge in [0.05, 0.1) is 0 Å². The minimum Gasteiger partial charge on any atom is -0.378 e. The molecule has 0 saturated heterocycles. The molecule has 0 heterocycles. The van der Waals surface area contributed by atoms with Gasteiger partial charge in [-0.1, -0.05) is 12.1 Å². The topological polar surface area (TPSA) is 20.3 Å². The Morgan fingerprint density at radius 3 is 2.21 bits per heavy atom. The van der Waals surface area contributed by atoms with E-state index in [-0.39, 0.29) is 0 Å². The van der Waals surface area contributed by atoms with E-state index < -0.39 is 0 Å². The summed E-state index contributed by atoms with van der Waals surface area (Å²) >= 11 is 0. The minimum absolute atomic E-state index is 0.739. The Balaban J connectivity index is 2.89. The third kappa shape index (κ3) is 2.73. The highest BCUT2D eigenvalue weighted by atomic mass is 16.1. The lowest BCUT2D eigenvalue weighted by Crippen LogP contribution is -2.07. The van der Waals surface area contributed by atoms with Crippen LogP contribution in [0.2, 0.25) is 0 Å². The lowest BCUT2D eigenvalue weighted by molar-refractivity contribution is -0.104. The molecule has 2 nitrogen and oxygen atoms in total. The molecule has 0 spiro atoms. The van der Waals surface area contributed by atoms with Gasteiger partial charge in [-0.05, 0) is 36.3 Å². The quantitative estimate of drug-likeness (QED) is 0.537. The van der Waals surface area contributed by atoms with Gasteiger partial charge < -0.3 is 4.90 Å². The molecule has 74 valence electrons. The molecule has 0 aromatic heterocycles. The largest absolute Gasteiger partial charge is 0.378 e. The zero-order valence-electron chi connectivity index (χ0n) is 8.82. The summed E-state index contributed by atoms with van der Waals surface area (Å²) in [6, 6.07) is 8.07. The molecule has 14 heavy (non-hydrogen) atoms. The van der Waals surface area contributed by atoms with Crippen LogP contribution in [0.5, 0.6) is 0 Å². The van der Waals surface area contributed by atoms with Gasteiger partial charge in [0.15, 0.2) is 0 Å². The van der Waals surface area contributed by atoms with Gasteiger partial charge in [0.25, 0.3) is 0 Å². The number of benzene rings is 1. The third-order valence-electron chi connectivity index (χ3n) is 1.99. The first-order valence-corrected chi connectivity index (χ1v) is 4.54. The van der Waals surface area contributed by atoms with E-state index in [2.05, 4.69) is 0 Å². The molecule has 1 rings (SSSR count). The molecule has 0 aliphatic carbocycles. The Bertz CT molecular complexity index is 336. The van der Waals surface area contributed by atoms with Crippen LogP contribution >= 0.6 is 0 Å². The molecule has 0 saturated carbocycles. The maximum absolute atomic E-state index is 10.4. The number of carbonyl (C=O) groups is 1. The molecule has 0 unspecified atom stereocenters. The van der Waals surface area contributed by atoms with Crippen molar-refractivity contribution < 1.29 is 4.79 Å². The van der Waals surface area contributed by atoms with E-state index >= 15 is 0 Å². The Labute approximate surface area is 84.9 Å². The molecule has 0 radical (unpaired) electrons. The number of hydrogen-bond acceptors (Lipinski definition) is 2. The van der Waals surface area contributed by atoms with Gasteiger partial charge >= 0.3 is 0 Å². The standard InChI is InChI=1S/C12H15NO/c1-10(9-14)8-11-4-6-12(7-5-11)13(2)3/h4-9H,1-3H3. The van der Waals surface area contributed by atoms with Crippen molar-refractivity contribution in [2.24, 2.45) is 0 Å². The second kappa shape index (κ2) is 4.61. The van der Waals surface area contributed by atoms with Crippen LogP contribution in [0.1, 0.15) is 12.5 Å². The molecular weight excluding hydrogens is 174 g/mol. The highest BCUT2D eigenvalue weighted by Crippen LogP contribution is 2.13. The average Bonchev–Trinajstić information content (AvgIpc) is 2.18. The van der Waals surface area contributed by atoms with E-state index in [4.69, 9.17) is 0 Å². The van der Waals surface area contributed by atoms with E-state index in [1.807, 2.05) is 49.3 Å². The zero-order chi connectivity index (χ0) is 10.6. The van der Waals surface area contributed by atoms with Crippen molar-refractivity contribution in [1.82, 2.24) is 0 Å². The van der Waals surface area contributed by atoms with E-state index in [0.29, 0.717) is 0 Å². The Hall–Kier alpha value is -1.57. The van der Waals surface area contributed by atoms with Crippen LogP contribution in [-0.4, -0.2) is 20.4 Å². The molecule has 0 aliphatic rings. The molecule has 1 aromatic carbocycles. The number of aldehydes is 1. The van der Waals surface area contributed by atoms with Crippen LogP contribution in [0.3, 0.4) is 0 Å². The van der Waals surface area contributed by atoms with Crippen LogP contribution in [0, 0.1) is 0 Å². The van der Waals surface area contributed by atoms with Crippen LogP contribution in [0.4, 0.5) is 5.69 Å². The SMILES string of the molecule is CC(C=O)=Cc1ccc(N(C)C)cc1. The summed E-state index contributed by atoms with van der Waals surface area (Å²) in [4.78, 5) is 12.4. The van der Waals surface area contributed by atoms with Gasteiger partial charge in [-0.25, -0.2) is 0 Å². The van der Waals surface area contributed by atoms with Crippen LogP contribution in [0.15, 0.2) is 29.8 Å². The van der Waals surface area contributed by atoms with Crippen molar-refractivity contribution in [1.29, 1.82) is 0 Å². The Morgan fingerprint density at radius 2 is 1.79 bits per heavy atom. The number of rotatable bonds is 3. The number of anilines is 1. The highest BCUT2D eigenvalue weighted by Gasteiger charge is 1.94. The third-order valence-corrected chi connectivity index (χ3v) is 1.99. The fraction of sp³-hybridized carbons (Fsp3) is 0.250. The first kappa shape index (κ1) is 10.5. The first-order valence-electron chi connectivity index (χ1n) is 4.54. The summed E-state index contributed by atoms with van der Waals surface area (Å²) in [6.45, 7) is 1.80. The fourth-order valence-electron chi connectivity index (χ4n) is 1.17. The smallest absolute Gasteiger partial charge is 0.145 e. The second-order valence-electron chi connectivity index (χ2n) is 3.49. The van der Waals surface area contributed by atoms with Crippen molar-refractivity contribution in [2.75, 3.05) is 19.0 Å². The van der Waals surface area contributed by atoms with Gasteiger partial charge in [-0.3, -0.25) is 4.79 Å². The Morgan fingerprint density at radius 1 is 1.21 bits per heavy atom. The van der Waals surface area contributed by atoms with Crippen molar-refractivity contribution in [3.63, 3.8) is 0 Å². The first-order chi connectivity index (χ1) is 6.63. The summed E-state index contributed by atoms with van der Waals surface area (Å²) in [7, 11) is 4.00. The lowest BCUT2D eigenvalue weighted by Gasteiger charge is -2.11. The van der Waals surface area contributed by atoms with E-state index in [1.165, 1.54) is 0 Å². The molecule has 0 N–H and O–H groups in total.